The van der Waals surface area contributed by atoms with E-state index in [0.29, 0.717) is 13.1 Å². The van der Waals surface area contributed by atoms with Gasteiger partial charge in [0.05, 0.1) is 6.54 Å². The Kier molecular flexibility index (Phi) is 6.37. The van der Waals surface area contributed by atoms with Gasteiger partial charge < -0.3 is 26.0 Å². The summed E-state index contributed by atoms with van der Waals surface area (Å²) in [4.78, 5) is 34.8. The number of urea groups is 1. The highest BCUT2D eigenvalue weighted by Gasteiger charge is 2.16. The summed E-state index contributed by atoms with van der Waals surface area (Å²) in [5.41, 5.74) is 0. The predicted octanol–water partition coefficient (Wildman–Crippen LogP) is -1.64. The SMILES string of the molecule is O=C(O)/C=C/CNC(=O)NCC(=O)N1CCNCC1. The molecule has 1 heterocycles. The van der Waals surface area contributed by atoms with Crippen molar-refractivity contribution in [1.29, 1.82) is 0 Å². The fourth-order valence-electron chi connectivity index (χ4n) is 1.56. The molecule has 0 aliphatic carbocycles. The van der Waals surface area contributed by atoms with Gasteiger partial charge in [0.1, 0.15) is 0 Å². The fraction of sp³-hybridized carbons (Fsp3) is 0.545. The highest BCUT2D eigenvalue weighted by Crippen LogP contribution is 1.92. The van der Waals surface area contributed by atoms with Crippen LogP contribution in [0.25, 0.3) is 0 Å². The average Bonchev–Trinajstić information content (AvgIpc) is 2.41. The Morgan fingerprint density at radius 2 is 1.89 bits per heavy atom. The minimum atomic E-state index is -1.07. The van der Waals surface area contributed by atoms with Gasteiger partial charge in [-0.3, -0.25) is 4.79 Å². The summed E-state index contributed by atoms with van der Waals surface area (Å²) in [6.45, 7) is 2.84. The molecule has 0 atom stereocenters. The van der Waals surface area contributed by atoms with Crippen molar-refractivity contribution >= 4 is 17.9 Å². The first kappa shape index (κ1) is 15.0. The lowest BCUT2D eigenvalue weighted by Gasteiger charge is -2.27. The molecule has 8 nitrogen and oxygen atoms in total. The third-order valence-electron chi connectivity index (χ3n) is 2.51. The first-order valence-corrected chi connectivity index (χ1v) is 5.99. The van der Waals surface area contributed by atoms with E-state index < -0.39 is 12.0 Å². The van der Waals surface area contributed by atoms with Crippen LogP contribution < -0.4 is 16.0 Å². The van der Waals surface area contributed by atoms with E-state index in [-0.39, 0.29) is 19.0 Å². The summed E-state index contributed by atoms with van der Waals surface area (Å²) in [5, 5.41) is 16.3. The summed E-state index contributed by atoms with van der Waals surface area (Å²) >= 11 is 0. The molecule has 1 aliphatic rings. The van der Waals surface area contributed by atoms with Crippen LogP contribution in [-0.4, -0.2) is 67.2 Å². The van der Waals surface area contributed by atoms with Crippen LogP contribution in [0.15, 0.2) is 12.2 Å². The highest BCUT2D eigenvalue weighted by atomic mass is 16.4. The summed E-state index contributed by atoms with van der Waals surface area (Å²) in [7, 11) is 0. The number of hydrogen-bond donors (Lipinski definition) is 4. The third-order valence-corrected chi connectivity index (χ3v) is 2.51. The molecule has 4 N–H and O–H groups in total. The van der Waals surface area contributed by atoms with Crippen molar-refractivity contribution in [3.8, 4) is 0 Å². The smallest absolute Gasteiger partial charge is 0.328 e. The summed E-state index contributed by atoms with van der Waals surface area (Å²) < 4.78 is 0. The lowest BCUT2D eigenvalue weighted by Crippen LogP contribution is -2.50. The van der Waals surface area contributed by atoms with Crippen LogP contribution in [0.1, 0.15) is 0 Å². The molecular weight excluding hydrogens is 252 g/mol. The molecule has 1 rings (SSSR count). The molecule has 0 saturated carbocycles. The van der Waals surface area contributed by atoms with Crippen molar-refractivity contribution in [1.82, 2.24) is 20.9 Å². The maximum Gasteiger partial charge on any atom is 0.328 e. The lowest BCUT2D eigenvalue weighted by molar-refractivity contribution is -0.131. The van der Waals surface area contributed by atoms with E-state index in [1.165, 1.54) is 6.08 Å². The number of nitrogens with zero attached hydrogens (tertiary/aromatic N) is 1. The molecule has 19 heavy (non-hydrogen) atoms. The van der Waals surface area contributed by atoms with Gasteiger partial charge in [0, 0.05) is 38.8 Å². The van der Waals surface area contributed by atoms with E-state index in [4.69, 9.17) is 5.11 Å². The second-order valence-electron chi connectivity index (χ2n) is 3.93. The Morgan fingerprint density at radius 1 is 1.21 bits per heavy atom. The van der Waals surface area contributed by atoms with Crippen LogP contribution in [0.2, 0.25) is 0 Å². The lowest BCUT2D eigenvalue weighted by atomic mass is 10.3. The zero-order valence-electron chi connectivity index (χ0n) is 10.5. The van der Waals surface area contributed by atoms with Gasteiger partial charge in [-0.2, -0.15) is 0 Å². The van der Waals surface area contributed by atoms with Crippen LogP contribution in [0.3, 0.4) is 0 Å². The normalized spacial score (nSPS) is 15.3. The quantitative estimate of drug-likeness (QED) is 0.448. The van der Waals surface area contributed by atoms with E-state index in [1.807, 2.05) is 0 Å². The van der Waals surface area contributed by atoms with Gasteiger partial charge in [-0.15, -0.1) is 0 Å². The van der Waals surface area contributed by atoms with Gasteiger partial charge >= 0.3 is 12.0 Å². The predicted molar refractivity (Wildman–Crippen MR) is 67.6 cm³/mol. The molecule has 0 unspecified atom stereocenters. The number of amides is 3. The third kappa shape index (κ3) is 6.41. The minimum Gasteiger partial charge on any atom is -0.478 e. The molecule has 0 aromatic heterocycles. The number of piperazine rings is 1. The largest absolute Gasteiger partial charge is 0.478 e. The van der Waals surface area contributed by atoms with E-state index in [9.17, 15) is 14.4 Å². The van der Waals surface area contributed by atoms with Gasteiger partial charge in [-0.1, -0.05) is 6.08 Å². The topological polar surface area (TPSA) is 111 Å². The van der Waals surface area contributed by atoms with E-state index >= 15 is 0 Å². The molecular formula is C11H18N4O4. The second-order valence-corrected chi connectivity index (χ2v) is 3.93. The fourth-order valence-corrected chi connectivity index (χ4v) is 1.56. The van der Waals surface area contributed by atoms with E-state index in [1.54, 1.807) is 4.90 Å². The first-order chi connectivity index (χ1) is 9.09. The summed E-state index contributed by atoms with van der Waals surface area (Å²) in [6.07, 6.45) is 2.24. The van der Waals surface area contributed by atoms with Crippen LogP contribution in [0, 0.1) is 0 Å². The van der Waals surface area contributed by atoms with Gasteiger partial charge in [0.2, 0.25) is 5.91 Å². The Labute approximate surface area is 110 Å². The van der Waals surface area contributed by atoms with Gasteiger partial charge in [-0.05, 0) is 0 Å². The van der Waals surface area contributed by atoms with E-state index in [0.717, 1.165) is 19.2 Å². The number of aliphatic carboxylic acids is 1. The molecule has 1 saturated heterocycles. The van der Waals surface area contributed by atoms with Crippen molar-refractivity contribution in [3.05, 3.63) is 12.2 Å². The zero-order chi connectivity index (χ0) is 14.1. The number of hydrogen-bond acceptors (Lipinski definition) is 4. The first-order valence-electron chi connectivity index (χ1n) is 5.99. The van der Waals surface area contributed by atoms with Crippen LogP contribution in [0.5, 0.6) is 0 Å². The summed E-state index contributed by atoms with van der Waals surface area (Å²) in [6, 6.07) is -0.501. The molecule has 0 aromatic carbocycles. The van der Waals surface area contributed by atoms with Crippen LogP contribution >= 0.6 is 0 Å². The Hall–Kier alpha value is -2.09. The maximum absolute atomic E-state index is 11.7. The van der Waals surface area contributed by atoms with E-state index in [2.05, 4.69) is 16.0 Å². The molecule has 3 amide bonds. The molecule has 8 heteroatoms. The molecule has 1 fully saturated rings. The second kappa shape index (κ2) is 8.09. The Bertz CT molecular complexity index is 364. The molecule has 1 aliphatic heterocycles. The highest BCUT2D eigenvalue weighted by molar-refractivity contribution is 5.84. The Balaban J connectivity index is 2.15. The molecule has 0 aromatic rings. The van der Waals surface area contributed by atoms with Crippen molar-refractivity contribution in [2.45, 2.75) is 0 Å². The number of carboxylic acids is 1. The maximum atomic E-state index is 11.7. The number of rotatable bonds is 5. The Morgan fingerprint density at radius 3 is 2.53 bits per heavy atom. The number of nitrogens with one attached hydrogen (secondary N) is 3. The van der Waals surface area contributed by atoms with Crippen molar-refractivity contribution in [2.75, 3.05) is 39.3 Å². The number of carbonyl (C=O) groups excluding carboxylic acids is 2. The number of carbonyl (C=O) groups is 3. The van der Waals surface area contributed by atoms with Crippen molar-refractivity contribution in [3.63, 3.8) is 0 Å². The van der Waals surface area contributed by atoms with Gasteiger partial charge in [-0.25, -0.2) is 9.59 Å². The molecule has 0 bridgehead atoms. The molecule has 106 valence electrons. The monoisotopic (exact) mass is 270 g/mol. The summed E-state index contributed by atoms with van der Waals surface area (Å²) in [5.74, 6) is -1.20. The number of carboxylic acid groups (broad SMARTS) is 1. The van der Waals surface area contributed by atoms with Crippen molar-refractivity contribution in [2.24, 2.45) is 0 Å². The van der Waals surface area contributed by atoms with Gasteiger partial charge in [0.15, 0.2) is 0 Å². The minimum absolute atomic E-state index is 0.0610. The zero-order valence-corrected chi connectivity index (χ0v) is 10.5. The molecule has 0 spiro atoms. The average molecular weight is 270 g/mol. The standard InChI is InChI=1S/C11H18N4O4/c16-9(15-6-4-12-5-7-15)8-14-11(19)13-3-1-2-10(17)18/h1-2,12H,3-8H2,(H,17,18)(H2,13,14,19)/b2-1+. The van der Waals surface area contributed by atoms with Gasteiger partial charge in [0.25, 0.3) is 0 Å². The molecule has 0 radical (unpaired) electrons. The van der Waals surface area contributed by atoms with Crippen LogP contribution in [-0.2, 0) is 9.59 Å². The van der Waals surface area contributed by atoms with Crippen LogP contribution in [0.4, 0.5) is 4.79 Å². The van der Waals surface area contributed by atoms with Crippen molar-refractivity contribution < 1.29 is 19.5 Å².